The van der Waals surface area contributed by atoms with Gasteiger partial charge in [-0.25, -0.2) is 13.4 Å². The predicted molar refractivity (Wildman–Crippen MR) is 143 cm³/mol. The van der Waals surface area contributed by atoms with E-state index >= 15 is 0 Å². The highest BCUT2D eigenvalue weighted by Crippen LogP contribution is 2.32. The third-order valence-electron chi connectivity index (χ3n) is 7.16. The smallest absolute Gasteiger partial charge is 0.270 e. The molecule has 1 aromatic heterocycles. The van der Waals surface area contributed by atoms with E-state index in [0.717, 1.165) is 35.5 Å². The summed E-state index contributed by atoms with van der Waals surface area (Å²) in [6, 6.07) is 11.0. The molecule has 1 amide bonds. The van der Waals surface area contributed by atoms with Gasteiger partial charge in [-0.1, -0.05) is 24.7 Å². The number of carbonyl (C=O) groups is 1. The second-order valence-corrected chi connectivity index (χ2v) is 12.3. The van der Waals surface area contributed by atoms with Gasteiger partial charge in [-0.15, -0.1) is 0 Å². The summed E-state index contributed by atoms with van der Waals surface area (Å²) < 4.78 is 28.8. The highest BCUT2D eigenvalue weighted by Gasteiger charge is 2.33. The average Bonchev–Trinajstić information content (AvgIpc) is 3.36. The number of benzene rings is 2. The van der Waals surface area contributed by atoms with Crippen molar-refractivity contribution >= 4 is 48.3 Å². The number of non-ortho nitro benzene ring substituents is 1. The minimum Gasteiger partial charge on any atom is -0.345 e. The molecule has 2 aromatic carbocycles. The molecule has 12 heteroatoms. The van der Waals surface area contributed by atoms with Crippen molar-refractivity contribution in [1.29, 1.82) is 0 Å². The van der Waals surface area contributed by atoms with Crippen LogP contribution in [0.15, 0.2) is 47.4 Å². The van der Waals surface area contributed by atoms with Gasteiger partial charge in [-0.2, -0.15) is 4.31 Å². The SMILES string of the molecule is CCC1CCCCN1S(=O)(=O)c1ccc(C(=O)N2CCN(c3nc4ccc([N+](=O)[O-])cc4s3)CC2)cc1. The first-order valence-electron chi connectivity index (χ1n) is 12.5. The van der Waals surface area contributed by atoms with Crippen LogP contribution < -0.4 is 4.90 Å². The molecule has 2 fully saturated rings. The van der Waals surface area contributed by atoms with Crippen LogP contribution in [0.25, 0.3) is 10.2 Å². The van der Waals surface area contributed by atoms with Crippen molar-refractivity contribution in [2.75, 3.05) is 37.6 Å². The van der Waals surface area contributed by atoms with Crippen LogP contribution in [0.1, 0.15) is 43.0 Å². The Kier molecular flexibility index (Phi) is 7.15. The Morgan fingerprint density at radius 3 is 2.49 bits per heavy atom. The number of nitro benzene ring substituents is 1. The monoisotopic (exact) mass is 543 g/mol. The number of nitrogens with zero attached hydrogens (tertiary/aromatic N) is 5. The molecule has 2 saturated heterocycles. The predicted octanol–water partition coefficient (Wildman–Crippen LogP) is 4.12. The summed E-state index contributed by atoms with van der Waals surface area (Å²) in [5, 5.41) is 11.8. The second-order valence-electron chi connectivity index (χ2n) is 9.38. The number of aromatic nitrogens is 1. The number of piperidine rings is 1. The second kappa shape index (κ2) is 10.3. The number of amides is 1. The van der Waals surface area contributed by atoms with Gasteiger partial charge >= 0.3 is 0 Å². The third kappa shape index (κ3) is 5.05. The maximum Gasteiger partial charge on any atom is 0.270 e. The standard InChI is InChI=1S/C25H29N5O5S2/c1-2-19-5-3-4-12-29(19)37(34,35)21-9-6-18(7-10-21)24(31)27-13-15-28(16-14-27)25-26-22-11-8-20(30(32)33)17-23(22)36-25/h6-11,17,19H,2-5,12-16H2,1H3. The number of carbonyl (C=O) groups excluding carboxylic acids is 1. The third-order valence-corrected chi connectivity index (χ3v) is 10.2. The first kappa shape index (κ1) is 25.6. The molecular formula is C25H29N5O5S2. The van der Waals surface area contributed by atoms with Crippen LogP contribution in [0, 0.1) is 10.1 Å². The fraction of sp³-hybridized carbons (Fsp3) is 0.440. The van der Waals surface area contributed by atoms with Crippen molar-refractivity contribution in [3.8, 4) is 0 Å². The molecule has 10 nitrogen and oxygen atoms in total. The largest absolute Gasteiger partial charge is 0.345 e. The number of fused-ring (bicyclic) bond motifs is 1. The molecule has 0 radical (unpaired) electrons. The van der Waals surface area contributed by atoms with Crippen molar-refractivity contribution in [3.63, 3.8) is 0 Å². The van der Waals surface area contributed by atoms with Crippen LogP contribution in [0.3, 0.4) is 0 Å². The van der Waals surface area contributed by atoms with E-state index in [0.29, 0.717) is 43.8 Å². The lowest BCUT2D eigenvalue weighted by Gasteiger charge is -2.35. The van der Waals surface area contributed by atoms with Crippen LogP contribution in [-0.2, 0) is 10.0 Å². The van der Waals surface area contributed by atoms with Crippen molar-refractivity contribution in [2.45, 2.75) is 43.5 Å². The zero-order valence-corrected chi connectivity index (χ0v) is 22.2. The topological polar surface area (TPSA) is 117 Å². The number of hydrogen-bond donors (Lipinski definition) is 0. The summed E-state index contributed by atoms with van der Waals surface area (Å²) in [6.07, 6.45) is 3.59. The molecule has 37 heavy (non-hydrogen) atoms. The van der Waals surface area contributed by atoms with E-state index in [-0.39, 0.29) is 22.5 Å². The molecule has 3 aromatic rings. The number of anilines is 1. The van der Waals surface area contributed by atoms with Gasteiger partial charge in [0.15, 0.2) is 5.13 Å². The molecule has 0 spiro atoms. The van der Waals surface area contributed by atoms with Crippen LogP contribution in [0.2, 0.25) is 0 Å². The van der Waals surface area contributed by atoms with Gasteiger partial charge in [-0.05, 0) is 49.6 Å². The van der Waals surface area contributed by atoms with E-state index in [2.05, 4.69) is 9.88 Å². The maximum absolute atomic E-state index is 13.2. The van der Waals surface area contributed by atoms with Crippen molar-refractivity contribution < 1.29 is 18.1 Å². The van der Waals surface area contributed by atoms with Crippen molar-refractivity contribution in [2.24, 2.45) is 0 Å². The summed E-state index contributed by atoms with van der Waals surface area (Å²) in [5.74, 6) is -0.132. The normalized spacial score (nSPS) is 19.3. The fourth-order valence-corrected chi connectivity index (χ4v) is 7.85. The molecule has 2 aliphatic heterocycles. The van der Waals surface area contributed by atoms with Crippen molar-refractivity contribution in [3.05, 3.63) is 58.1 Å². The highest BCUT2D eigenvalue weighted by molar-refractivity contribution is 7.89. The van der Waals surface area contributed by atoms with E-state index in [1.807, 2.05) is 6.92 Å². The Hall–Kier alpha value is -3.09. The Balaban J connectivity index is 1.23. The number of sulfonamides is 1. The molecule has 196 valence electrons. The van der Waals surface area contributed by atoms with E-state index < -0.39 is 14.9 Å². The molecule has 0 N–H and O–H groups in total. The quantitative estimate of drug-likeness (QED) is 0.339. The average molecular weight is 544 g/mol. The van der Waals surface area contributed by atoms with Gasteiger partial charge in [0.1, 0.15) is 0 Å². The Labute approximate surface area is 219 Å². The maximum atomic E-state index is 13.2. The molecule has 2 aliphatic rings. The van der Waals surface area contributed by atoms with E-state index in [9.17, 15) is 23.3 Å². The number of nitro groups is 1. The summed E-state index contributed by atoms with van der Waals surface area (Å²) in [5.41, 5.74) is 1.22. The van der Waals surface area contributed by atoms with E-state index in [4.69, 9.17) is 0 Å². The Morgan fingerprint density at radius 1 is 1.08 bits per heavy atom. The lowest BCUT2D eigenvalue weighted by Crippen LogP contribution is -2.48. The Bertz CT molecular complexity index is 1420. The molecule has 5 rings (SSSR count). The minimum absolute atomic E-state index is 0.0295. The molecule has 0 aliphatic carbocycles. The number of rotatable bonds is 6. The first-order chi connectivity index (χ1) is 17.8. The summed E-state index contributed by atoms with van der Waals surface area (Å²) in [6.45, 7) is 4.74. The highest BCUT2D eigenvalue weighted by atomic mass is 32.2. The molecule has 0 bridgehead atoms. The zero-order chi connectivity index (χ0) is 26.2. The lowest BCUT2D eigenvalue weighted by molar-refractivity contribution is -0.384. The van der Waals surface area contributed by atoms with Gasteiger partial charge in [0.2, 0.25) is 10.0 Å². The van der Waals surface area contributed by atoms with E-state index in [1.54, 1.807) is 39.5 Å². The summed E-state index contributed by atoms with van der Waals surface area (Å²) in [4.78, 5) is 32.4. The van der Waals surface area contributed by atoms with E-state index in [1.165, 1.54) is 23.5 Å². The summed E-state index contributed by atoms with van der Waals surface area (Å²) >= 11 is 1.40. The van der Waals surface area contributed by atoms with Gasteiger partial charge in [0.05, 0.1) is 20.0 Å². The fourth-order valence-electron chi connectivity index (χ4n) is 5.04. The van der Waals surface area contributed by atoms with Crippen molar-refractivity contribution in [1.82, 2.24) is 14.2 Å². The molecular weight excluding hydrogens is 514 g/mol. The van der Waals surface area contributed by atoms with Gasteiger partial charge < -0.3 is 9.80 Å². The van der Waals surface area contributed by atoms with Crippen LogP contribution >= 0.6 is 11.3 Å². The Morgan fingerprint density at radius 2 is 1.81 bits per heavy atom. The number of piperazine rings is 1. The van der Waals surface area contributed by atoms with Gasteiger partial charge in [0.25, 0.3) is 11.6 Å². The molecule has 1 atom stereocenters. The van der Waals surface area contributed by atoms with Crippen LogP contribution in [-0.4, -0.2) is 72.2 Å². The van der Waals surface area contributed by atoms with Crippen LogP contribution in [0.5, 0.6) is 0 Å². The molecule has 3 heterocycles. The minimum atomic E-state index is -3.59. The van der Waals surface area contributed by atoms with Crippen LogP contribution in [0.4, 0.5) is 10.8 Å². The number of hydrogen-bond acceptors (Lipinski definition) is 8. The van der Waals surface area contributed by atoms with Gasteiger partial charge in [-0.3, -0.25) is 14.9 Å². The molecule has 0 saturated carbocycles. The molecule has 1 unspecified atom stereocenters. The van der Waals surface area contributed by atoms with Gasteiger partial charge in [0, 0.05) is 56.5 Å². The zero-order valence-electron chi connectivity index (χ0n) is 20.6. The first-order valence-corrected chi connectivity index (χ1v) is 14.7. The number of thiazole rings is 1. The lowest BCUT2D eigenvalue weighted by atomic mass is 10.0. The summed E-state index contributed by atoms with van der Waals surface area (Å²) in [7, 11) is -3.59.